The molecule has 6 aromatic carbocycles. The fourth-order valence-electron chi connectivity index (χ4n) is 7.20. The molecule has 401 valence electrons. The minimum Gasteiger partial charge on any atom is -0.147 e. The van der Waals surface area contributed by atoms with Gasteiger partial charge in [0.25, 0.3) is 0 Å². The van der Waals surface area contributed by atoms with Crippen LogP contribution in [-0.2, 0) is 93.8 Å². The van der Waals surface area contributed by atoms with Crippen LogP contribution in [0.2, 0.25) is 0 Å². The Morgan fingerprint density at radius 3 is 0.310 bits per heavy atom. The molecule has 6 atom stereocenters. The van der Waals surface area contributed by atoms with Gasteiger partial charge in [-0.25, -0.2) is 0 Å². The Labute approximate surface area is 485 Å². The summed E-state index contributed by atoms with van der Waals surface area (Å²) in [6, 6.07) is 40.4. The molecule has 0 N–H and O–H groups in total. The van der Waals surface area contributed by atoms with Crippen LogP contribution in [0.3, 0.4) is 0 Å². The summed E-state index contributed by atoms with van der Waals surface area (Å²) >= 11 is 0. The number of hydrogen-bond acceptors (Lipinski definition) is 0. The second-order valence-corrected chi connectivity index (χ2v) is 20.7. The molecule has 0 bridgehead atoms. The van der Waals surface area contributed by atoms with Crippen molar-refractivity contribution in [3.8, 4) is 0 Å². The van der Waals surface area contributed by atoms with Crippen molar-refractivity contribution >= 4 is 137 Å². The molecule has 71 heavy (non-hydrogen) atoms. The van der Waals surface area contributed by atoms with Crippen LogP contribution in [0.4, 0.5) is 0 Å². The Bertz CT molecular complexity index is 1750. The molecule has 0 heterocycles. The van der Waals surface area contributed by atoms with Crippen molar-refractivity contribution in [3.63, 3.8) is 0 Å². The topological polar surface area (TPSA) is 0 Å². The Morgan fingerprint density at radius 1 is 0.183 bits per heavy atom. The first-order valence-electron chi connectivity index (χ1n) is 24.9. The largest absolute Gasteiger partial charge is 0.147 e. The smallest absolute Gasteiger partial charge is 0 e. The van der Waals surface area contributed by atoms with Crippen LogP contribution in [0.5, 0.6) is 0 Å². The minimum atomic E-state index is 0. The summed E-state index contributed by atoms with van der Waals surface area (Å²) in [6.45, 7) is 26.3. The summed E-state index contributed by atoms with van der Waals surface area (Å²) in [4.78, 5) is 0. The minimum absolute atomic E-state index is 0. The molecule has 0 saturated heterocycles. The Morgan fingerprint density at radius 2 is 0.254 bits per heavy atom. The van der Waals surface area contributed by atoms with E-state index in [1.165, 1.54) is 98.6 Å². The van der Waals surface area contributed by atoms with Crippen molar-refractivity contribution in [2.24, 2.45) is 0 Å². The molecule has 11 heteroatoms. The van der Waals surface area contributed by atoms with Crippen LogP contribution >= 0.6 is 105 Å². The molecule has 6 rings (SSSR count). The molecule has 0 fully saturated rings. The van der Waals surface area contributed by atoms with E-state index in [9.17, 15) is 0 Å². The van der Waals surface area contributed by atoms with E-state index in [0.29, 0.717) is 0 Å². The van der Waals surface area contributed by atoms with Gasteiger partial charge in [-0.05, 0) is 176 Å². The van der Waals surface area contributed by atoms with Gasteiger partial charge in [0.2, 0.25) is 0 Å². The molecule has 0 nitrogen and oxygen atoms in total. The van der Waals surface area contributed by atoms with Crippen molar-refractivity contribution in [2.45, 2.75) is 160 Å². The van der Waals surface area contributed by atoms with E-state index in [0.717, 1.165) is 77.0 Å². The second-order valence-electron chi connectivity index (χ2n) is 16.7. The molecule has 0 aromatic heterocycles. The van der Waals surface area contributed by atoms with Gasteiger partial charge >= 0.3 is 0 Å². The Kier molecular flexibility index (Phi) is 52.4. The second kappa shape index (κ2) is 46.8. The van der Waals surface area contributed by atoms with Crippen molar-refractivity contribution in [1.82, 2.24) is 0 Å². The number of rotatable bonds is 12. The summed E-state index contributed by atoms with van der Waals surface area (Å²) in [5.41, 5.74) is 17.3. The van der Waals surface area contributed by atoms with Crippen molar-refractivity contribution in [3.05, 3.63) is 176 Å². The van der Waals surface area contributed by atoms with Gasteiger partial charge in [0.05, 0.1) is 0 Å². The van der Waals surface area contributed by atoms with E-state index < -0.39 is 0 Å². The number of benzene rings is 6. The molecule has 0 aliphatic carbocycles. The van der Waals surface area contributed by atoms with E-state index in [2.05, 4.69) is 248 Å². The summed E-state index contributed by atoms with van der Waals surface area (Å²) in [5, 5.41) is 7.84. The maximum Gasteiger partial charge on any atom is 0 e. The third kappa shape index (κ3) is 34.8. The molecular weight excluding hydrogens is 1110 g/mol. The van der Waals surface area contributed by atoms with Crippen LogP contribution in [0.15, 0.2) is 109 Å². The fourth-order valence-corrected chi connectivity index (χ4v) is 9.77. The SMILES string of the molecule is CCc1cc(P)cc(CC)c1.CCc1cc(P)cc(CC)c1.CCc1cc(P)cc(CC)c1.CCc1cc(P)cc(CC)c1.CCc1cc(P)cc(CC)c1.CCc1cc(P)cc(CC)c1.Cl.Cl.Cl.Cl.[Co]. The van der Waals surface area contributed by atoms with Crippen molar-refractivity contribution < 1.29 is 16.8 Å². The monoisotopic (exact) mass is 1200 g/mol. The quantitative estimate of drug-likeness (QED) is 0.107. The summed E-state index contributed by atoms with van der Waals surface area (Å²) in [5.74, 6) is 0. The van der Waals surface area contributed by atoms with E-state index >= 15 is 0 Å². The molecule has 0 saturated carbocycles. The van der Waals surface area contributed by atoms with Crippen molar-refractivity contribution in [1.29, 1.82) is 0 Å². The van der Waals surface area contributed by atoms with E-state index in [1.807, 2.05) is 0 Å². The first-order valence-corrected chi connectivity index (χ1v) is 28.3. The number of halogens is 4. The molecule has 0 amide bonds. The maximum absolute atomic E-state index is 2.76. The molecule has 0 aliphatic rings. The molecule has 0 spiro atoms. The predicted octanol–water partition coefficient (Wildman–Crippen LogP) is 15.6. The van der Waals surface area contributed by atoms with Gasteiger partial charge in [-0.1, -0.05) is 192 Å². The fraction of sp³-hybridized carbons (Fsp3) is 0.400. The van der Waals surface area contributed by atoms with Gasteiger partial charge in [-0.15, -0.1) is 105 Å². The van der Waals surface area contributed by atoms with E-state index in [1.54, 1.807) is 0 Å². The van der Waals surface area contributed by atoms with Gasteiger partial charge in [0.1, 0.15) is 0 Å². The van der Waals surface area contributed by atoms with Gasteiger partial charge in [-0.2, -0.15) is 0 Å². The van der Waals surface area contributed by atoms with E-state index in [-0.39, 0.29) is 66.4 Å². The maximum atomic E-state index is 2.76. The molecule has 6 unspecified atom stereocenters. The van der Waals surface area contributed by atoms with Gasteiger partial charge in [0, 0.05) is 16.8 Å². The first-order chi connectivity index (χ1) is 31.5. The zero-order chi connectivity index (χ0) is 49.6. The average molecular weight is 1200 g/mol. The van der Waals surface area contributed by atoms with Crippen LogP contribution in [-0.4, -0.2) is 0 Å². The third-order valence-corrected chi connectivity index (χ3v) is 13.3. The molecule has 0 aliphatic heterocycles. The predicted molar refractivity (Wildman–Crippen MR) is 356 cm³/mol. The average Bonchev–Trinajstić information content (AvgIpc) is 3.33. The molecule has 1 radical (unpaired) electrons. The normalized spacial score (nSPS) is 9.38. The summed E-state index contributed by atoms with van der Waals surface area (Å²) in [7, 11) is 16.5. The van der Waals surface area contributed by atoms with Crippen LogP contribution in [0.25, 0.3) is 0 Å². The number of aryl methyl sites for hydroxylation is 12. The number of hydrogen-bond donors (Lipinski definition) is 0. The summed E-state index contributed by atoms with van der Waals surface area (Å²) < 4.78 is 0. The zero-order valence-corrected chi connectivity index (χ0v) is 56.5. The van der Waals surface area contributed by atoms with Crippen LogP contribution in [0.1, 0.15) is 150 Å². The third-order valence-electron chi connectivity index (χ3n) is 11.3. The molecular formula is C60H94Cl4CoP6. The van der Waals surface area contributed by atoms with Crippen molar-refractivity contribution in [2.75, 3.05) is 0 Å². The van der Waals surface area contributed by atoms with E-state index in [4.69, 9.17) is 0 Å². The van der Waals surface area contributed by atoms with Gasteiger partial charge in [-0.3, -0.25) is 0 Å². The Balaban J connectivity index is -0.000000242. The summed E-state index contributed by atoms with van der Waals surface area (Å²) in [6.07, 6.45) is 13.6. The van der Waals surface area contributed by atoms with Crippen LogP contribution in [0, 0.1) is 0 Å². The zero-order valence-electron chi connectivity index (χ0n) is 45.3. The molecule has 6 aromatic rings. The Hall–Kier alpha value is -0.434. The first kappa shape index (κ1) is 79.4. The standard InChI is InChI=1S/6C10H15P.4ClH.Co/c6*1-3-8-5-9(4-2)7-10(11)6-8;;;;;/h6*5-7H,3-4,11H2,1-2H3;4*1H;. The van der Waals surface area contributed by atoms with Crippen LogP contribution < -0.4 is 31.8 Å². The van der Waals surface area contributed by atoms with Gasteiger partial charge in [0.15, 0.2) is 0 Å². The van der Waals surface area contributed by atoms with Gasteiger partial charge < -0.3 is 0 Å².